The van der Waals surface area contributed by atoms with Crippen LogP contribution in [0.25, 0.3) is 0 Å². The highest BCUT2D eigenvalue weighted by Gasteiger charge is 1.87. The summed E-state index contributed by atoms with van der Waals surface area (Å²) in [5.74, 6) is -0.523. The SMILES string of the molecule is CC.Cc1cnnc(F)c1. The molecule has 0 fully saturated rings. The van der Waals surface area contributed by atoms with E-state index in [1.807, 2.05) is 13.8 Å². The van der Waals surface area contributed by atoms with Crippen molar-refractivity contribution in [3.8, 4) is 0 Å². The number of rotatable bonds is 0. The van der Waals surface area contributed by atoms with E-state index in [2.05, 4.69) is 10.2 Å². The molecule has 0 aliphatic heterocycles. The van der Waals surface area contributed by atoms with Crippen molar-refractivity contribution in [2.45, 2.75) is 20.8 Å². The average Bonchev–Trinajstić information content (AvgIpc) is 1.91. The zero-order chi connectivity index (χ0) is 7.98. The van der Waals surface area contributed by atoms with Crippen molar-refractivity contribution < 1.29 is 4.39 Å². The van der Waals surface area contributed by atoms with Gasteiger partial charge in [-0.25, -0.2) is 0 Å². The maximum Gasteiger partial charge on any atom is 0.233 e. The first-order chi connectivity index (χ1) is 4.79. The first-order valence-electron chi connectivity index (χ1n) is 3.24. The van der Waals surface area contributed by atoms with Gasteiger partial charge in [0, 0.05) is 0 Å². The Morgan fingerprint density at radius 3 is 2.30 bits per heavy atom. The van der Waals surface area contributed by atoms with Gasteiger partial charge < -0.3 is 0 Å². The summed E-state index contributed by atoms with van der Waals surface area (Å²) in [6, 6.07) is 1.33. The highest BCUT2D eigenvalue weighted by atomic mass is 19.1. The molecule has 2 nitrogen and oxygen atoms in total. The van der Waals surface area contributed by atoms with Gasteiger partial charge in [0.1, 0.15) is 0 Å². The molecule has 1 heterocycles. The van der Waals surface area contributed by atoms with Gasteiger partial charge in [0.25, 0.3) is 0 Å². The van der Waals surface area contributed by atoms with E-state index in [-0.39, 0.29) is 0 Å². The molecule has 0 saturated carbocycles. The van der Waals surface area contributed by atoms with E-state index in [9.17, 15) is 4.39 Å². The van der Waals surface area contributed by atoms with E-state index in [1.54, 1.807) is 6.92 Å². The van der Waals surface area contributed by atoms with Crippen molar-refractivity contribution in [3.05, 3.63) is 23.8 Å². The second-order valence-electron chi connectivity index (χ2n) is 1.56. The Morgan fingerprint density at radius 1 is 1.40 bits per heavy atom. The number of aryl methyl sites for hydroxylation is 1. The summed E-state index contributed by atoms with van der Waals surface area (Å²) in [6.07, 6.45) is 1.50. The Kier molecular flexibility index (Phi) is 4.37. The third-order valence-electron chi connectivity index (χ3n) is 0.761. The molecule has 3 heteroatoms. The summed E-state index contributed by atoms with van der Waals surface area (Å²) in [4.78, 5) is 0. The second-order valence-corrected chi connectivity index (χ2v) is 1.56. The molecule has 0 bridgehead atoms. The van der Waals surface area contributed by atoms with Crippen molar-refractivity contribution in [2.24, 2.45) is 0 Å². The molecule has 0 unspecified atom stereocenters. The summed E-state index contributed by atoms with van der Waals surface area (Å²) >= 11 is 0. The molecule has 1 aromatic heterocycles. The molecule has 0 aliphatic rings. The largest absolute Gasteiger partial charge is 0.233 e. The molecule has 0 atom stereocenters. The fraction of sp³-hybridized carbons (Fsp3) is 0.429. The number of hydrogen-bond acceptors (Lipinski definition) is 2. The van der Waals surface area contributed by atoms with Crippen LogP contribution in [-0.2, 0) is 0 Å². The highest BCUT2D eigenvalue weighted by molar-refractivity contribution is 5.02. The fourth-order valence-corrected chi connectivity index (χ4v) is 0.429. The Bertz CT molecular complexity index is 171. The fourth-order valence-electron chi connectivity index (χ4n) is 0.429. The summed E-state index contributed by atoms with van der Waals surface area (Å²) in [5, 5.41) is 6.48. The number of halogens is 1. The summed E-state index contributed by atoms with van der Waals surface area (Å²) in [6.45, 7) is 5.76. The van der Waals surface area contributed by atoms with Crippen molar-refractivity contribution in [1.82, 2.24) is 10.2 Å². The van der Waals surface area contributed by atoms with Crippen LogP contribution < -0.4 is 0 Å². The quantitative estimate of drug-likeness (QED) is 0.553. The van der Waals surface area contributed by atoms with Crippen LogP contribution in [0, 0.1) is 12.9 Å². The van der Waals surface area contributed by atoms with Gasteiger partial charge in [-0.2, -0.15) is 9.49 Å². The van der Waals surface area contributed by atoms with Gasteiger partial charge in [0.2, 0.25) is 5.95 Å². The van der Waals surface area contributed by atoms with Crippen LogP contribution in [0.15, 0.2) is 12.3 Å². The standard InChI is InChI=1S/C5H5FN2.C2H6/c1-4-2-5(6)8-7-3-4;1-2/h2-3H,1H3;1-2H3. The van der Waals surface area contributed by atoms with Gasteiger partial charge in [-0.05, 0) is 18.6 Å². The lowest BCUT2D eigenvalue weighted by molar-refractivity contribution is 0.561. The molecule has 1 rings (SSSR count). The van der Waals surface area contributed by atoms with E-state index in [0.717, 1.165) is 5.56 Å². The first-order valence-corrected chi connectivity index (χ1v) is 3.24. The molecule has 0 saturated heterocycles. The summed E-state index contributed by atoms with van der Waals surface area (Å²) < 4.78 is 12.0. The molecule has 0 radical (unpaired) electrons. The van der Waals surface area contributed by atoms with Crippen LogP contribution in [0.2, 0.25) is 0 Å². The molecule has 0 aliphatic carbocycles. The molecule has 0 amide bonds. The topological polar surface area (TPSA) is 25.8 Å². The van der Waals surface area contributed by atoms with Crippen molar-refractivity contribution in [3.63, 3.8) is 0 Å². The zero-order valence-corrected chi connectivity index (χ0v) is 6.43. The van der Waals surface area contributed by atoms with Crippen LogP contribution in [-0.4, -0.2) is 10.2 Å². The van der Waals surface area contributed by atoms with E-state index in [0.29, 0.717) is 0 Å². The van der Waals surface area contributed by atoms with E-state index in [4.69, 9.17) is 0 Å². The smallest absolute Gasteiger partial charge is 0.183 e. The minimum atomic E-state index is -0.523. The Balaban J connectivity index is 0.000000371. The summed E-state index contributed by atoms with van der Waals surface area (Å²) in [5.41, 5.74) is 0.789. The first kappa shape index (κ1) is 9.01. The number of aromatic nitrogens is 2. The van der Waals surface area contributed by atoms with Crippen LogP contribution in [0.3, 0.4) is 0 Å². The minimum Gasteiger partial charge on any atom is -0.183 e. The lowest BCUT2D eigenvalue weighted by Gasteiger charge is -1.85. The molecular weight excluding hydrogens is 131 g/mol. The third kappa shape index (κ3) is 3.12. The van der Waals surface area contributed by atoms with E-state index in [1.165, 1.54) is 12.3 Å². The molecule has 0 aromatic carbocycles. The van der Waals surface area contributed by atoms with E-state index >= 15 is 0 Å². The highest BCUT2D eigenvalue weighted by Crippen LogP contribution is 1.92. The maximum atomic E-state index is 12.0. The van der Waals surface area contributed by atoms with Gasteiger partial charge in [0.05, 0.1) is 6.20 Å². The second kappa shape index (κ2) is 4.85. The minimum absolute atomic E-state index is 0.523. The Hall–Kier alpha value is -0.990. The van der Waals surface area contributed by atoms with Gasteiger partial charge in [-0.3, -0.25) is 0 Å². The molecular formula is C7H11FN2. The van der Waals surface area contributed by atoms with Crippen LogP contribution in [0.5, 0.6) is 0 Å². The van der Waals surface area contributed by atoms with Crippen molar-refractivity contribution >= 4 is 0 Å². The molecule has 56 valence electrons. The molecule has 0 N–H and O–H groups in total. The predicted octanol–water partition coefficient (Wildman–Crippen LogP) is 1.95. The van der Waals surface area contributed by atoms with E-state index < -0.39 is 5.95 Å². The molecule has 10 heavy (non-hydrogen) atoms. The zero-order valence-electron chi connectivity index (χ0n) is 6.43. The number of hydrogen-bond donors (Lipinski definition) is 0. The molecule has 1 aromatic rings. The third-order valence-corrected chi connectivity index (χ3v) is 0.761. The monoisotopic (exact) mass is 142 g/mol. The van der Waals surface area contributed by atoms with Gasteiger partial charge >= 0.3 is 0 Å². The normalized spacial score (nSPS) is 8.00. The van der Waals surface area contributed by atoms with Crippen LogP contribution in [0.1, 0.15) is 19.4 Å². The van der Waals surface area contributed by atoms with Gasteiger partial charge in [0.15, 0.2) is 0 Å². The Labute approximate surface area is 60.1 Å². The lowest BCUT2D eigenvalue weighted by Crippen LogP contribution is -1.85. The Morgan fingerprint density at radius 2 is 2.00 bits per heavy atom. The van der Waals surface area contributed by atoms with Gasteiger partial charge in [-0.15, -0.1) is 5.10 Å². The average molecular weight is 142 g/mol. The predicted molar refractivity (Wildman–Crippen MR) is 38.1 cm³/mol. The number of nitrogens with zero attached hydrogens (tertiary/aromatic N) is 2. The van der Waals surface area contributed by atoms with Crippen LogP contribution >= 0.6 is 0 Å². The van der Waals surface area contributed by atoms with Gasteiger partial charge in [-0.1, -0.05) is 13.8 Å². The molecule has 0 spiro atoms. The maximum absolute atomic E-state index is 12.0. The lowest BCUT2D eigenvalue weighted by atomic mass is 10.4. The van der Waals surface area contributed by atoms with Crippen molar-refractivity contribution in [1.29, 1.82) is 0 Å². The van der Waals surface area contributed by atoms with Crippen LogP contribution in [0.4, 0.5) is 4.39 Å². The summed E-state index contributed by atoms with van der Waals surface area (Å²) in [7, 11) is 0. The van der Waals surface area contributed by atoms with Crippen molar-refractivity contribution in [2.75, 3.05) is 0 Å².